The summed E-state index contributed by atoms with van der Waals surface area (Å²) in [7, 11) is -3.97. The van der Waals surface area contributed by atoms with Crippen molar-refractivity contribution in [3.63, 3.8) is 0 Å². The predicted molar refractivity (Wildman–Crippen MR) is 199 cm³/mol. The lowest BCUT2D eigenvalue weighted by Crippen LogP contribution is -2.44. The van der Waals surface area contributed by atoms with Crippen molar-refractivity contribution < 1.29 is 27.1 Å². The smallest absolute Gasteiger partial charge is 0.410 e. The van der Waals surface area contributed by atoms with E-state index in [1.807, 2.05) is 58.0 Å². The van der Waals surface area contributed by atoms with Crippen molar-refractivity contribution in [3.05, 3.63) is 71.6 Å². The van der Waals surface area contributed by atoms with E-state index in [1.165, 1.54) is 12.4 Å². The first-order valence-corrected chi connectivity index (χ1v) is 19.3. The van der Waals surface area contributed by atoms with E-state index in [0.717, 1.165) is 15.2 Å². The molecule has 1 atom stereocenters. The molecule has 2 aliphatic rings. The molecule has 0 aliphatic carbocycles. The second kappa shape index (κ2) is 13.8. The second-order valence-electron chi connectivity index (χ2n) is 14.9. The van der Waals surface area contributed by atoms with Gasteiger partial charge in [-0.15, -0.1) is 0 Å². The Bertz CT molecular complexity index is 2290. The normalized spacial score (nSPS) is 17.5. The Morgan fingerprint density at radius 2 is 1.72 bits per heavy atom. The summed E-state index contributed by atoms with van der Waals surface area (Å²) in [5.41, 5.74) is 3.10. The number of rotatable bonds is 6. The fraction of sp³-hybridized carbons (Fsp3) is 0.447. The molecule has 7 rings (SSSR count). The molecule has 2 aliphatic heterocycles. The minimum Gasteiger partial charge on any atom is -0.444 e. The quantitative estimate of drug-likeness (QED) is 0.191. The number of aryl methyl sites for hydroxylation is 2. The predicted octanol–water partition coefficient (Wildman–Crippen LogP) is 6.46. The molecule has 0 unspecified atom stereocenters. The topological polar surface area (TPSA) is 138 Å². The van der Waals surface area contributed by atoms with Gasteiger partial charge in [0.1, 0.15) is 11.3 Å². The first kappa shape index (κ1) is 36.5. The minimum absolute atomic E-state index is 0.0145. The van der Waals surface area contributed by atoms with Crippen molar-refractivity contribution in [3.8, 4) is 22.6 Å². The van der Waals surface area contributed by atoms with Gasteiger partial charge in [0.15, 0.2) is 23.1 Å². The van der Waals surface area contributed by atoms with Crippen LogP contribution in [0.25, 0.3) is 33.7 Å². The molecule has 0 N–H and O–H groups in total. The van der Waals surface area contributed by atoms with Crippen LogP contribution in [0.15, 0.2) is 53.7 Å². The maximum absolute atomic E-state index is 17.0. The number of amides is 1. The van der Waals surface area contributed by atoms with E-state index in [4.69, 9.17) is 24.5 Å². The van der Waals surface area contributed by atoms with Gasteiger partial charge in [-0.25, -0.2) is 36.5 Å². The molecule has 0 bridgehead atoms. The summed E-state index contributed by atoms with van der Waals surface area (Å²) in [5.74, 6) is -0.210. The maximum atomic E-state index is 17.0. The van der Waals surface area contributed by atoms with Crippen molar-refractivity contribution in [1.29, 1.82) is 0 Å². The van der Waals surface area contributed by atoms with E-state index < -0.39 is 21.4 Å². The molecule has 1 amide bonds. The standard InChI is InChI=1S/C38H45FN8O5S/c1-23-8-10-28(11-9-23)53(49,50)46-19-15-30-29(12-16-40-35(30)46)34-41-33(32(39)36(42-34)45-20-21-51-22-24(45)2)31-25(3)43-47(26(31)4)27-13-17-44(18-14-27)37(48)52-38(5,6)7/h8-12,15-16,19,24,27H,13-14,17-18,20-22H2,1-7H3/t24-/m1/s1. The van der Waals surface area contributed by atoms with Crippen LogP contribution < -0.4 is 4.90 Å². The molecule has 53 heavy (non-hydrogen) atoms. The Balaban J connectivity index is 1.31. The van der Waals surface area contributed by atoms with E-state index in [-0.39, 0.29) is 46.1 Å². The Morgan fingerprint density at radius 1 is 1.00 bits per heavy atom. The molecule has 280 valence electrons. The largest absolute Gasteiger partial charge is 0.444 e. The third-order valence-corrected chi connectivity index (χ3v) is 11.6. The van der Waals surface area contributed by atoms with Gasteiger partial charge in [-0.05, 0) is 85.6 Å². The van der Waals surface area contributed by atoms with Crippen LogP contribution in [0.2, 0.25) is 0 Å². The van der Waals surface area contributed by atoms with Crippen LogP contribution in [0.1, 0.15) is 63.5 Å². The molecule has 5 aromatic rings. The highest BCUT2D eigenvalue weighted by atomic mass is 32.2. The molecule has 13 nitrogen and oxygen atoms in total. The monoisotopic (exact) mass is 744 g/mol. The Kier molecular flexibility index (Phi) is 9.51. The third-order valence-electron chi connectivity index (χ3n) is 9.87. The number of fused-ring (bicyclic) bond motifs is 1. The van der Waals surface area contributed by atoms with Gasteiger partial charge in [0.2, 0.25) is 0 Å². The highest BCUT2D eigenvalue weighted by Gasteiger charge is 2.33. The van der Waals surface area contributed by atoms with Gasteiger partial charge in [0.05, 0.1) is 35.9 Å². The Labute approximate surface area is 308 Å². The summed E-state index contributed by atoms with van der Waals surface area (Å²) in [4.78, 5) is 30.6. The number of halogens is 1. The average molecular weight is 745 g/mol. The van der Waals surface area contributed by atoms with Gasteiger partial charge in [-0.2, -0.15) is 5.10 Å². The Morgan fingerprint density at radius 3 is 2.40 bits per heavy atom. The molecule has 6 heterocycles. The van der Waals surface area contributed by atoms with E-state index in [2.05, 4.69) is 4.98 Å². The molecule has 4 aromatic heterocycles. The zero-order chi connectivity index (χ0) is 37.8. The molecular formula is C38H45FN8O5S. The van der Waals surface area contributed by atoms with E-state index in [0.29, 0.717) is 67.9 Å². The average Bonchev–Trinajstić information content (AvgIpc) is 3.69. The van der Waals surface area contributed by atoms with Gasteiger partial charge in [-0.1, -0.05) is 17.7 Å². The van der Waals surface area contributed by atoms with E-state index in [9.17, 15) is 13.2 Å². The highest BCUT2D eigenvalue weighted by molar-refractivity contribution is 7.90. The molecule has 2 fully saturated rings. The van der Waals surface area contributed by atoms with Crippen LogP contribution >= 0.6 is 0 Å². The molecular weight excluding hydrogens is 700 g/mol. The van der Waals surface area contributed by atoms with Gasteiger partial charge in [-0.3, -0.25) is 4.68 Å². The van der Waals surface area contributed by atoms with Gasteiger partial charge < -0.3 is 19.3 Å². The number of hydrogen-bond acceptors (Lipinski definition) is 10. The number of carbonyl (C=O) groups excluding carboxylic acids is 1. The number of piperidine rings is 1. The van der Waals surface area contributed by atoms with Crippen molar-refractivity contribution in [1.82, 2.24) is 33.6 Å². The summed E-state index contributed by atoms with van der Waals surface area (Å²) in [5, 5.41) is 5.40. The minimum atomic E-state index is -3.97. The van der Waals surface area contributed by atoms with Gasteiger partial charge in [0, 0.05) is 54.2 Å². The molecule has 0 spiro atoms. The first-order valence-electron chi connectivity index (χ1n) is 17.9. The lowest BCUT2D eigenvalue weighted by Gasteiger charge is -2.34. The Hall–Kier alpha value is -4.89. The van der Waals surface area contributed by atoms with Crippen LogP contribution in [0.5, 0.6) is 0 Å². The number of ether oxygens (including phenoxy) is 2. The van der Waals surface area contributed by atoms with Crippen LogP contribution in [0.4, 0.5) is 15.0 Å². The van der Waals surface area contributed by atoms with Gasteiger partial charge in [0.25, 0.3) is 10.0 Å². The number of morpholine rings is 1. The van der Waals surface area contributed by atoms with E-state index in [1.54, 1.807) is 41.3 Å². The SMILES string of the molecule is Cc1ccc(S(=O)(=O)n2ccc3c(-c4nc(-c5c(C)nn(C6CCN(C(=O)OC(C)(C)C)CC6)c5C)c(F)c(N5CCOC[C@H]5C)n4)ccnc32)cc1. The van der Waals surface area contributed by atoms with Crippen molar-refractivity contribution in [2.75, 3.05) is 37.7 Å². The van der Waals surface area contributed by atoms with Crippen LogP contribution in [0.3, 0.4) is 0 Å². The molecule has 1 aromatic carbocycles. The van der Waals surface area contributed by atoms with Crippen LogP contribution in [-0.2, 0) is 19.5 Å². The third kappa shape index (κ3) is 6.87. The lowest BCUT2D eigenvalue weighted by molar-refractivity contribution is 0.0184. The highest BCUT2D eigenvalue weighted by Crippen LogP contribution is 2.38. The number of aromatic nitrogens is 6. The zero-order valence-electron chi connectivity index (χ0n) is 31.1. The summed E-state index contributed by atoms with van der Waals surface area (Å²) in [6, 6.07) is 9.85. The summed E-state index contributed by atoms with van der Waals surface area (Å²) in [6.07, 6.45) is 3.97. The number of likely N-dealkylation sites (tertiary alicyclic amines) is 1. The summed E-state index contributed by atoms with van der Waals surface area (Å²) >= 11 is 0. The fourth-order valence-electron chi connectivity index (χ4n) is 7.16. The first-order chi connectivity index (χ1) is 25.1. The number of pyridine rings is 1. The lowest BCUT2D eigenvalue weighted by atomic mass is 10.0. The summed E-state index contributed by atoms with van der Waals surface area (Å²) < 4.78 is 58.8. The van der Waals surface area contributed by atoms with Crippen LogP contribution in [0, 0.1) is 26.6 Å². The van der Waals surface area contributed by atoms with E-state index >= 15 is 4.39 Å². The molecule has 0 radical (unpaired) electrons. The molecule has 0 saturated carbocycles. The number of benzene rings is 1. The summed E-state index contributed by atoms with van der Waals surface area (Å²) in [6.45, 7) is 15.4. The van der Waals surface area contributed by atoms with Crippen LogP contribution in [-0.4, -0.2) is 92.6 Å². The van der Waals surface area contributed by atoms with Gasteiger partial charge >= 0.3 is 6.09 Å². The second-order valence-corrected chi connectivity index (χ2v) is 16.7. The number of anilines is 1. The fourth-order valence-corrected chi connectivity index (χ4v) is 8.46. The molecule has 2 saturated heterocycles. The number of nitrogens with zero attached hydrogens (tertiary/aromatic N) is 8. The number of carbonyl (C=O) groups is 1. The van der Waals surface area contributed by atoms with Crippen molar-refractivity contribution in [2.24, 2.45) is 0 Å². The maximum Gasteiger partial charge on any atom is 0.410 e. The number of hydrogen-bond donors (Lipinski definition) is 0. The van der Waals surface area contributed by atoms with Crippen molar-refractivity contribution >= 4 is 33.0 Å². The molecule has 15 heteroatoms. The zero-order valence-corrected chi connectivity index (χ0v) is 31.9. The van der Waals surface area contributed by atoms with Crippen molar-refractivity contribution in [2.45, 2.75) is 83.9 Å².